The van der Waals surface area contributed by atoms with Gasteiger partial charge in [0.15, 0.2) is 0 Å². The van der Waals surface area contributed by atoms with Crippen LogP contribution in [-0.4, -0.2) is 36.5 Å². The topological polar surface area (TPSA) is 50.7 Å². The van der Waals surface area contributed by atoms with E-state index in [1.54, 1.807) is 6.26 Å². The Labute approximate surface area is 120 Å². The molecule has 0 amide bonds. The van der Waals surface area contributed by atoms with Gasteiger partial charge in [-0.25, -0.2) is 0 Å². The number of rotatable bonds is 7. The molecule has 1 aromatic carbocycles. The Bertz CT molecular complexity index is 407. The second-order valence-corrected chi connectivity index (χ2v) is 4.97. The first-order valence-corrected chi connectivity index (χ1v) is 7.16. The van der Waals surface area contributed by atoms with E-state index in [0.29, 0.717) is 13.2 Å². The first-order valence-electron chi connectivity index (χ1n) is 7.16. The molecule has 0 fully saturated rings. The maximum absolute atomic E-state index is 10.2. The fourth-order valence-corrected chi connectivity index (χ4v) is 2.16. The summed E-state index contributed by atoms with van der Waals surface area (Å²) in [7, 11) is 0. The zero-order valence-electron chi connectivity index (χ0n) is 11.9. The Kier molecular flexibility index (Phi) is 6.05. The zero-order valence-corrected chi connectivity index (χ0v) is 11.9. The molecule has 1 heterocycles. The molecule has 110 valence electrons. The predicted molar refractivity (Wildman–Crippen MR) is 78.2 cm³/mol. The van der Waals surface area contributed by atoms with E-state index in [9.17, 15) is 5.11 Å². The van der Waals surface area contributed by atoms with E-state index >= 15 is 0 Å². The van der Waals surface area contributed by atoms with E-state index in [0.717, 1.165) is 18.5 Å². The molecule has 4 heteroatoms. The third-order valence-electron chi connectivity index (χ3n) is 3.31. The van der Waals surface area contributed by atoms with E-state index in [-0.39, 0.29) is 12.1 Å². The summed E-state index contributed by atoms with van der Waals surface area (Å²) in [6.45, 7) is 3.89. The Hall–Kier alpha value is -1.36. The number of ether oxygens (including phenoxy) is 2. The van der Waals surface area contributed by atoms with Crippen molar-refractivity contribution >= 4 is 0 Å². The van der Waals surface area contributed by atoms with Crippen molar-refractivity contribution in [3.63, 3.8) is 0 Å². The molecule has 3 atom stereocenters. The Balaban J connectivity index is 1.76. The minimum atomic E-state index is -0.581. The lowest BCUT2D eigenvalue weighted by Gasteiger charge is -2.31. The molecule has 1 aromatic rings. The van der Waals surface area contributed by atoms with Crippen LogP contribution < -0.4 is 5.32 Å². The van der Waals surface area contributed by atoms with Crippen LogP contribution in [0.25, 0.3) is 0 Å². The van der Waals surface area contributed by atoms with Gasteiger partial charge in [0.05, 0.1) is 25.5 Å². The Morgan fingerprint density at radius 1 is 1.30 bits per heavy atom. The van der Waals surface area contributed by atoms with Gasteiger partial charge in [-0.3, -0.25) is 0 Å². The van der Waals surface area contributed by atoms with Crippen LogP contribution in [0.1, 0.15) is 18.9 Å². The molecule has 0 bridgehead atoms. The van der Waals surface area contributed by atoms with Crippen LogP contribution in [0, 0.1) is 0 Å². The lowest BCUT2D eigenvalue weighted by Crippen LogP contribution is -2.49. The molecule has 20 heavy (non-hydrogen) atoms. The summed E-state index contributed by atoms with van der Waals surface area (Å²) in [6.07, 6.45) is 3.64. The molecule has 0 saturated carbocycles. The van der Waals surface area contributed by atoms with Crippen LogP contribution in [0.5, 0.6) is 0 Å². The molecule has 0 unspecified atom stereocenters. The van der Waals surface area contributed by atoms with Crippen molar-refractivity contribution in [3.05, 3.63) is 48.2 Å². The van der Waals surface area contributed by atoms with E-state index in [4.69, 9.17) is 9.47 Å². The summed E-state index contributed by atoms with van der Waals surface area (Å²) in [4.78, 5) is 0. The van der Waals surface area contributed by atoms with Crippen LogP contribution in [0.15, 0.2) is 42.7 Å². The van der Waals surface area contributed by atoms with E-state index in [1.165, 1.54) is 0 Å². The van der Waals surface area contributed by atoms with Gasteiger partial charge in [0.2, 0.25) is 0 Å². The number of nitrogens with one attached hydrogen (secondary N) is 1. The Morgan fingerprint density at radius 3 is 2.85 bits per heavy atom. The predicted octanol–water partition coefficient (Wildman–Crippen LogP) is 1.84. The molecule has 1 aliphatic rings. The van der Waals surface area contributed by atoms with Gasteiger partial charge in [0, 0.05) is 0 Å². The third-order valence-corrected chi connectivity index (χ3v) is 3.31. The molecule has 2 rings (SSSR count). The highest BCUT2D eigenvalue weighted by Gasteiger charge is 2.29. The molecule has 0 saturated heterocycles. The number of benzene rings is 1. The highest BCUT2D eigenvalue weighted by Crippen LogP contribution is 2.14. The van der Waals surface area contributed by atoms with Crippen LogP contribution in [0.2, 0.25) is 0 Å². The second kappa shape index (κ2) is 8.04. The SMILES string of the molecule is CCCN[C@H]1C=CO[C@H](COCc2ccccc2)[C@@H]1O. The molecule has 0 aliphatic carbocycles. The minimum absolute atomic E-state index is 0.0611. The number of aliphatic hydroxyl groups excluding tert-OH is 1. The van der Waals surface area contributed by atoms with E-state index < -0.39 is 6.10 Å². The van der Waals surface area contributed by atoms with E-state index in [2.05, 4.69) is 12.2 Å². The molecule has 1 aliphatic heterocycles. The van der Waals surface area contributed by atoms with Crippen molar-refractivity contribution in [2.75, 3.05) is 13.2 Å². The zero-order chi connectivity index (χ0) is 14.2. The van der Waals surface area contributed by atoms with Gasteiger partial charge in [-0.2, -0.15) is 0 Å². The quantitative estimate of drug-likeness (QED) is 0.798. The summed E-state index contributed by atoms with van der Waals surface area (Å²) >= 11 is 0. The number of aliphatic hydroxyl groups is 1. The third kappa shape index (κ3) is 4.34. The average Bonchev–Trinajstić information content (AvgIpc) is 2.49. The number of hydrogen-bond acceptors (Lipinski definition) is 4. The van der Waals surface area contributed by atoms with Crippen molar-refractivity contribution in [2.24, 2.45) is 0 Å². The monoisotopic (exact) mass is 277 g/mol. The summed E-state index contributed by atoms with van der Waals surface area (Å²) < 4.78 is 11.1. The lowest BCUT2D eigenvalue weighted by molar-refractivity contribution is -0.0657. The smallest absolute Gasteiger partial charge is 0.149 e. The first-order chi connectivity index (χ1) is 9.81. The normalized spacial score (nSPS) is 25.4. The van der Waals surface area contributed by atoms with Crippen molar-refractivity contribution in [1.82, 2.24) is 5.32 Å². The van der Waals surface area contributed by atoms with Crippen LogP contribution in [0.3, 0.4) is 0 Å². The molecule has 4 nitrogen and oxygen atoms in total. The fraction of sp³-hybridized carbons (Fsp3) is 0.500. The summed E-state index contributed by atoms with van der Waals surface area (Å²) in [5.74, 6) is 0. The first kappa shape index (κ1) is 15.0. The molecule has 0 radical (unpaired) electrons. The highest BCUT2D eigenvalue weighted by molar-refractivity contribution is 5.13. The minimum Gasteiger partial charge on any atom is -0.493 e. The van der Waals surface area contributed by atoms with Crippen LogP contribution >= 0.6 is 0 Å². The fourth-order valence-electron chi connectivity index (χ4n) is 2.16. The maximum Gasteiger partial charge on any atom is 0.149 e. The van der Waals surface area contributed by atoms with Crippen molar-refractivity contribution in [1.29, 1.82) is 0 Å². The van der Waals surface area contributed by atoms with Gasteiger partial charge in [0.1, 0.15) is 12.2 Å². The van der Waals surface area contributed by atoms with Crippen LogP contribution in [-0.2, 0) is 16.1 Å². The molecule has 2 N–H and O–H groups in total. The molecule has 0 aromatic heterocycles. The van der Waals surface area contributed by atoms with Gasteiger partial charge < -0.3 is 19.9 Å². The molecular formula is C16H23NO3. The lowest BCUT2D eigenvalue weighted by atomic mass is 10.0. The molecule has 0 spiro atoms. The van der Waals surface area contributed by atoms with Crippen molar-refractivity contribution < 1.29 is 14.6 Å². The van der Waals surface area contributed by atoms with Crippen LogP contribution in [0.4, 0.5) is 0 Å². The van der Waals surface area contributed by atoms with Gasteiger partial charge in [0.25, 0.3) is 0 Å². The number of hydrogen-bond donors (Lipinski definition) is 2. The highest BCUT2D eigenvalue weighted by atomic mass is 16.5. The largest absolute Gasteiger partial charge is 0.493 e. The van der Waals surface area contributed by atoms with Gasteiger partial charge >= 0.3 is 0 Å². The van der Waals surface area contributed by atoms with Gasteiger partial charge in [-0.1, -0.05) is 37.3 Å². The second-order valence-electron chi connectivity index (χ2n) is 4.97. The van der Waals surface area contributed by atoms with Gasteiger partial charge in [-0.15, -0.1) is 0 Å². The summed E-state index contributed by atoms with van der Waals surface area (Å²) in [5.41, 5.74) is 1.12. The van der Waals surface area contributed by atoms with Crippen molar-refractivity contribution in [2.45, 2.75) is 38.2 Å². The van der Waals surface area contributed by atoms with Gasteiger partial charge in [-0.05, 0) is 24.6 Å². The van der Waals surface area contributed by atoms with E-state index in [1.807, 2.05) is 36.4 Å². The summed E-state index contributed by atoms with van der Waals surface area (Å²) in [6, 6.07) is 9.92. The Morgan fingerprint density at radius 2 is 2.10 bits per heavy atom. The maximum atomic E-state index is 10.2. The summed E-state index contributed by atoms with van der Waals surface area (Å²) in [5, 5.41) is 13.5. The van der Waals surface area contributed by atoms with Crippen molar-refractivity contribution in [3.8, 4) is 0 Å². The average molecular weight is 277 g/mol. The molecular weight excluding hydrogens is 254 g/mol. The standard InChI is InChI=1S/C16H23NO3/c1-2-9-17-14-8-10-20-15(16(14)18)12-19-11-13-6-4-3-5-7-13/h3-8,10,14-18H,2,9,11-12H2,1H3/t14-,15+,16+/m0/s1.